The molecule has 1 aromatic heterocycles. The molecule has 4 heteroatoms. The van der Waals surface area contributed by atoms with E-state index in [4.69, 9.17) is 5.73 Å². The van der Waals surface area contributed by atoms with E-state index in [2.05, 4.69) is 18.9 Å². The van der Waals surface area contributed by atoms with Crippen molar-refractivity contribution in [1.82, 2.24) is 9.78 Å². The van der Waals surface area contributed by atoms with Crippen molar-refractivity contribution in [3.63, 3.8) is 0 Å². The second-order valence-electron chi connectivity index (χ2n) is 3.29. The van der Waals surface area contributed by atoms with E-state index in [1.165, 1.54) is 6.42 Å². The zero-order valence-corrected chi connectivity index (χ0v) is 9.05. The van der Waals surface area contributed by atoms with Gasteiger partial charge in [0, 0.05) is 24.8 Å². The maximum atomic E-state index is 5.47. The molecule has 1 rings (SSSR count). The van der Waals surface area contributed by atoms with Gasteiger partial charge in [0.15, 0.2) is 0 Å². The van der Waals surface area contributed by atoms with Gasteiger partial charge in [-0.1, -0.05) is 20.3 Å². The molecule has 0 bridgehead atoms. The molecule has 0 radical (unpaired) electrons. The van der Waals surface area contributed by atoms with E-state index in [1.54, 1.807) is 0 Å². The molecule has 0 aliphatic carbocycles. The number of hydrogen-bond donors (Lipinski definition) is 1. The van der Waals surface area contributed by atoms with Crippen LogP contribution in [0.1, 0.15) is 25.8 Å². The number of aromatic nitrogens is 2. The molecule has 3 nitrogen and oxygen atoms in total. The summed E-state index contributed by atoms with van der Waals surface area (Å²) >= 11 is 0. The Morgan fingerprint density at radius 2 is 2.31 bits per heavy atom. The van der Waals surface area contributed by atoms with Crippen LogP contribution in [0.4, 0.5) is 0 Å². The van der Waals surface area contributed by atoms with E-state index in [1.807, 2.05) is 17.1 Å². The molecule has 1 heterocycles. The van der Waals surface area contributed by atoms with E-state index < -0.39 is 0 Å². The van der Waals surface area contributed by atoms with Crippen LogP contribution < -0.4 is 5.73 Å². The van der Waals surface area contributed by atoms with Crippen molar-refractivity contribution in [2.24, 2.45) is 11.7 Å². The van der Waals surface area contributed by atoms with Gasteiger partial charge in [-0.3, -0.25) is 4.68 Å². The summed E-state index contributed by atoms with van der Waals surface area (Å²) in [6.07, 6.45) is 5.05. The highest BCUT2D eigenvalue weighted by atomic mass is 35.5. The third-order valence-electron chi connectivity index (χ3n) is 2.12. The molecule has 0 saturated heterocycles. The summed E-state index contributed by atoms with van der Waals surface area (Å²) in [4.78, 5) is 0. The Bertz CT molecular complexity index is 235. The van der Waals surface area contributed by atoms with E-state index in [0.29, 0.717) is 12.5 Å². The average Bonchev–Trinajstić information content (AvgIpc) is 2.52. The monoisotopic (exact) mass is 203 g/mol. The van der Waals surface area contributed by atoms with Gasteiger partial charge in [-0.25, -0.2) is 0 Å². The third-order valence-corrected chi connectivity index (χ3v) is 2.12. The van der Waals surface area contributed by atoms with Crippen LogP contribution in [0.2, 0.25) is 0 Å². The summed E-state index contributed by atoms with van der Waals surface area (Å²) in [5, 5.41) is 4.21. The second kappa shape index (κ2) is 6.00. The highest BCUT2D eigenvalue weighted by Gasteiger charge is 2.01. The molecule has 0 fully saturated rings. The number of hydrogen-bond acceptors (Lipinski definition) is 2. The number of nitrogens with two attached hydrogens (primary N) is 1. The van der Waals surface area contributed by atoms with Crippen LogP contribution in [0, 0.1) is 5.92 Å². The van der Waals surface area contributed by atoms with Gasteiger partial charge in [-0.05, 0) is 5.92 Å². The number of rotatable bonds is 4. The predicted octanol–water partition coefficient (Wildman–Crippen LogP) is 1.81. The molecule has 0 spiro atoms. The van der Waals surface area contributed by atoms with Crippen LogP contribution in [0.3, 0.4) is 0 Å². The minimum Gasteiger partial charge on any atom is -0.326 e. The van der Waals surface area contributed by atoms with Crippen molar-refractivity contribution in [2.75, 3.05) is 0 Å². The molecule has 0 aromatic carbocycles. The van der Waals surface area contributed by atoms with Gasteiger partial charge in [0.1, 0.15) is 0 Å². The van der Waals surface area contributed by atoms with Crippen LogP contribution in [0.15, 0.2) is 12.4 Å². The normalized spacial score (nSPS) is 12.2. The standard InChI is InChI=1S/C9H17N3.ClH/c1-3-8(2)6-12-7-9(4-10)5-11-12;/h5,7-8H,3-4,6,10H2,1-2H3;1H. The molecule has 0 aliphatic heterocycles. The van der Waals surface area contributed by atoms with Crippen molar-refractivity contribution in [3.8, 4) is 0 Å². The quantitative estimate of drug-likeness (QED) is 0.811. The fourth-order valence-electron chi connectivity index (χ4n) is 1.06. The Morgan fingerprint density at radius 1 is 1.62 bits per heavy atom. The fraction of sp³-hybridized carbons (Fsp3) is 0.667. The highest BCUT2D eigenvalue weighted by Crippen LogP contribution is 2.05. The lowest BCUT2D eigenvalue weighted by Gasteiger charge is -2.07. The summed E-state index contributed by atoms with van der Waals surface area (Å²) < 4.78 is 1.97. The van der Waals surface area contributed by atoms with Crippen molar-refractivity contribution in [1.29, 1.82) is 0 Å². The first-order chi connectivity index (χ1) is 5.76. The smallest absolute Gasteiger partial charge is 0.0534 e. The van der Waals surface area contributed by atoms with Crippen LogP contribution >= 0.6 is 12.4 Å². The summed E-state index contributed by atoms with van der Waals surface area (Å²) in [5.41, 5.74) is 6.58. The molecule has 0 saturated carbocycles. The fourth-order valence-corrected chi connectivity index (χ4v) is 1.06. The maximum absolute atomic E-state index is 5.47. The first kappa shape index (κ1) is 12.5. The van der Waals surface area contributed by atoms with Crippen LogP contribution in [-0.2, 0) is 13.1 Å². The van der Waals surface area contributed by atoms with Crippen LogP contribution in [0.5, 0.6) is 0 Å². The van der Waals surface area contributed by atoms with Gasteiger partial charge in [0.2, 0.25) is 0 Å². The zero-order chi connectivity index (χ0) is 8.97. The van der Waals surface area contributed by atoms with E-state index in [9.17, 15) is 0 Å². The lowest BCUT2D eigenvalue weighted by molar-refractivity contribution is 0.439. The maximum Gasteiger partial charge on any atom is 0.0534 e. The molecule has 1 aromatic rings. The molecule has 2 N–H and O–H groups in total. The molecule has 76 valence electrons. The second-order valence-corrected chi connectivity index (χ2v) is 3.29. The van der Waals surface area contributed by atoms with Crippen molar-refractivity contribution >= 4 is 12.4 Å². The predicted molar refractivity (Wildman–Crippen MR) is 56.8 cm³/mol. The molecule has 0 amide bonds. The van der Waals surface area contributed by atoms with Crippen LogP contribution in [-0.4, -0.2) is 9.78 Å². The van der Waals surface area contributed by atoms with Gasteiger partial charge in [0.25, 0.3) is 0 Å². The van der Waals surface area contributed by atoms with Crippen LogP contribution in [0.25, 0.3) is 0 Å². The van der Waals surface area contributed by atoms with E-state index >= 15 is 0 Å². The van der Waals surface area contributed by atoms with Crippen molar-refractivity contribution in [2.45, 2.75) is 33.4 Å². The number of nitrogens with zero attached hydrogens (tertiary/aromatic N) is 2. The lowest BCUT2D eigenvalue weighted by atomic mass is 10.1. The third kappa shape index (κ3) is 3.79. The summed E-state index contributed by atoms with van der Waals surface area (Å²) in [5.74, 6) is 0.690. The van der Waals surface area contributed by atoms with Crippen molar-refractivity contribution in [3.05, 3.63) is 18.0 Å². The van der Waals surface area contributed by atoms with Gasteiger partial charge < -0.3 is 5.73 Å². The van der Waals surface area contributed by atoms with Gasteiger partial charge >= 0.3 is 0 Å². The minimum atomic E-state index is 0. The largest absolute Gasteiger partial charge is 0.326 e. The Morgan fingerprint density at radius 3 is 2.77 bits per heavy atom. The first-order valence-corrected chi connectivity index (χ1v) is 4.47. The summed E-state index contributed by atoms with van der Waals surface area (Å²) in [6.45, 7) is 6.00. The van der Waals surface area contributed by atoms with Gasteiger partial charge in [0.05, 0.1) is 6.20 Å². The van der Waals surface area contributed by atoms with Gasteiger partial charge in [-0.15, -0.1) is 12.4 Å². The van der Waals surface area contributed by atoms with E-state index in [-0.39, 0.29) is 12.4 Å². The number of halogens is 1. The Hall–Kier alpha value is -0.540. The van der Waals surface area contributed by atoms with Crippen molar-refractivity contribution < 1.29 is 0 Å². The molecular weight excluding hydrogens is 186 g/mol. The van der Waals surface area contributed by atoms with E-state index in [0.717, 1.165) is 12.1 Å². The summed E-state index contributed by atoms with van der Waals surface area (Å²) in [6, 6.07) is 0. The molecule has 1 atom stereocenters. The first-order valence-electron chi connectivity index (χ1n) is 4.47. The average molecular weight is 204 g/mol. The summed E-state index contributed by atoms with van der Waals surface area (Å²) in [7, 11) is 0. The topological polar surface area (TPSA) is 43.8 Å². The lowest BCUT2D eigenvalue weighted by Crippen LogP contribution is -2.06. The minimum absolute atomic E-state index is 0. The molecule has 0 aliphatic rings. The Balaban J connectivity index is 0.00000144. The zero-order valence-electron chi connectivity index (χ0n) is 8.23. The molecule has 13 heavy (non-hydrogen) atoms. The molecule has 1 unspecified atom stereocenters. The Kier molecular flexibility index (Phi) is 5.75. The Labute approximate surface area is 85.7 Å². The molecular formula is C9H18ClN3. The van der Waals surface area contributed by atoms with Gasteiger partial charge in [-0.2, -0.15) is 5.10 Å². The SMILES string of the molecule is CCC(C)Cn1cc(CN)cn1.Cl. The highest BCUT2D eigenvalue weighted by molar-refractivity contribution is 5.85.